The Morgan fingerprint density at radius 2 is 1.88 bits per heavy atom. The third-order valence-electron chi connectivity index (χ3n) is 4.29. The lowest BCUT2D eigenvalue weighted by Gasteiger charge is -2.18. The number of esters is 1. The molecule has 1 amide bonds. The Hall–Kier alpha value is -2.83. The molecule has 1 aromatic heterocycles. The first kappa shape index (κ1) is 19.5. The van der Waals surface area contributed by atoms with Gasteiger partial charge in [-0.2, -0.15) is 0 Å². The van der Waals surface area contributed by atoms with Crippen LogP contribution in [0.1, 0.15) is 25.0 Å². The molecular weight excluding hydrogens is 338 g/mol. The summed E-state index contributed by atoms with van der Waals surface area (Å²) in [7, 11) is 1.27. The Kier molecular flexibility index (Phi) is 6.38. The van der Waals surface area contributed by atoms with Crippen molar-refractivity contribution in [3.63, 3.8) is 0 Å². The normalized spacial score (nSPS) is 10.6. The summed E-state index contributed by atoms with van der Waals surface area (Å²) >= 11 is 0. The quantitative estimate of drug-likeness (QED) is 0.554. The van der Waals surface area contributed by atoms with Gasteiger partial charge in [0.05, 0.1) is 19.1 Å². The maximum Gasteiger partial charge on any atom is 0.340 e. The van der Waals surface area contributed by atoms with Gasteiger partial charge in [-0.1, -0.05) is 0 Å². The van der Waals surface area contributed by atoms with E-state index in [1.165, 1.54) is 7.11 Å². The van der Waals surface area contributed by atoms with Crippen LogP contribution in [0.2, 0.25) is 0 Å². The van der Waals surface area contributed by atoms with E-state index in [0.717, 1.165) is 0 Å². The third-order valence-corrected chi connectivity index (χ3v) is 4.29. The predicted molar refractivity (Wildman–Crippen MR) is 96.4 cm³/mol. The van der Waals surface area contributed by atoms with E-state index >= 15 is 0 Å². The molecular formula is C19H23NO6. The van der Waals surface area contributed by atoms with Crippen molar-refractivity contribution < 1.29 is 23.5 Å². The smallest absolute Gasteiger partial charge is 0.340 e. The van der Waals surface area contributed by atoms with Crippen LogP contribution in [0.25, 0.3) is 11.0 Å². The standard InChI is InChI=1S/C19H23NO6/c1-5-20(6-2)17(21)11-25-13-7-8-14-12(3)15(10-18(22)24-4)19(23)26-16(14)9-13/h7-9H,5-6,10-11H2,1-4H3. The highest BCUT2D eigenvalue weighted by molar-refractivity contribution is 5.84. The zero-order valence-corrected chi connectivity index (χ0v) is 15.5. The minimum absolute atomic E-state index is 0.0865. The fourth-order valence-electron chi connectivity index (χ4n) is 2.70. The molecule has 2 aromatic rings. The number of aryl methyl sites for hydroxylation is 1. The summed E-state index contributed by atoms with van der Waals surface area (Å²) in [5, 5.41) is 0.700. The zero-order chi connectivity index (χ0) is 19.3. The summed E-state index contributed by atoms with van der Waals surface area (Å²) in [6.45, 7) is 6.71. The second-order valence-electron chi connectivity index (χ2n) is 5.76. The molecule has 0 atom stereocenters. The number of ether oxygens (including phenoxy) is 2. The van der Waals surface area contributed by atoms with E-state index in [9.17, 15) is 14.4 Å². The van der Waals surface area contributed by atoms with Crippen molar-refractivity contribution in [2.24, 2.45) is 0 Å². The number of carbonyl (C=O) groups is 2. The van der Waals surface area contributed by atoms with Crippen LogP contribution >= 0.6 is 0 Å². The van der Waals surface area contributed by atoms with E-state index in [0.29, 0.717) is 35.4 Å². The van der Waals surface area contributed by atoms with E-state index in [1.54, 1.807) is 30.0 Å². The molecule has 0 unspecified atom stereocenters. The van der Waals surface area contributed by atoms with Gasteiger partial charge in [0, 0.05) is 24.5 Å². The van der Waals surface area contributed by atoms with Gasteiger partial charge in [0.15, 0.2) is 6.61 Å². The van der Waals surface area contributed by atoms with E-state index in [1.807, 2.05) is 13.8 Å². The lowest BCUT2D eigenvalue weighted by atomic mass is 10.0. The summed E-state index contributed by atoms with van der Waals surface area (Å²) < 4.78 is 15.5. The summed E-state index contributed by atoms with van der Waals surface area (Å²) in [4.78, 5) is 37.3. The van der Waals surface area contributed by atoms with Gasteiger partial charge in [0.25, 0.3) is 5.91 Å². The van der Waals surface area contributed by atoms with Crippen molar-refractivity contribution in [1.29, 1.82) is 0 Å². The van der Waals surface area contributed by atoms with Crippen molar-refractivity contribution in [3.05, 3.63) is 39.7 Å². The SMILES string of the molecule is CCN(CC)C(=O)COc1ccc2c(C)c(CC(=O)OC)c(=O)oc2c1. The highest BCUT2D eigenvalue weighted by atomic mass is 16.5. The average molecular weight is 361 g/mol. The van der Waals surface area contributed by atoms with Gasteiger partial charge in [0.2, 0.25) is 0 Å². The molecule has 0 bridgehead atoms. The number of likely N-dealkylation sites (N-methyl/N-ethyl adjacent to an activating group) is 1. The van der Waals surface area contributed by atoms with Crippen LogP contribution in [0.15, 0.2) is 27.4 Å². The molecule has 2 rings (SSSR count). The fourth-order valence-corrected chi connectivity index (χ4v) is 2.70. The highest BCUT2D eigenvalue weighted by Crippen LogP contribution is 2.24. The number of carbonyl (C=O) groups excluding carboxylic acids is 2. The Morgan fingerprint density at radius 1 is 1.19 bits per heavy atom. The number of rotatable bonds is 7. The number of methoxy groups -OCH3 is 1. The molecule has 140 valence electrons. The second-order valence-corrected chi connectivity index (χ2v) is 5.76. The predicted octanol–water partition coefficient (Wildman–Crippen LogP) is 2.06. The first-order valence-electron chi connectivity index (χ1n) is 8.44. The number of hydrogen-bond donors (Lipinski definition) is 0. The zero-order valence-electron chi connectivity index (χ0n) is 15.5. The molecule has 7 heteroatoms. The van der Waals surface area contributed by atoms with Crippen molar-refractivity contribution >= 4 is 22.8 Å². The number of amides is 1. The second kappa shape index (κ2) is 8.51. The lowest BCUT2D eigenvalue weighted by Crippen LogP contribution is -2.34. The molecule has 0 spiro atoms. The summed E-state index contributed by atoms with van der Waals surface area (Å²) in [5.74, 6) is -0.183. The number of nitrogens with zero attached hydrogens (tertiary/aromatic N) is 1. The molecule has 0 aliphatic rings. The van der Waals surface area contributed by atoms with Crippen LogP contribution in [-0.4, -0.2) is 43.6 Å². The highest BCUT2D eigenvalue weighted by Gasteiger charge is 2.16. The monoisotopic (exact) mass is 361 g/mol. The molecule has 26 heavy (non-hydrogen) atoms. The Bertz CT molecular complexity index is 866. The van der Waals surface area contributed by atoms with E-state index in [-0.39, 0.29) is 24.5 Å². The van der Waals surface area contributed by atoms with Gasteiger partial charge >= 0.3 is 11.6 Å². The van der Waals surface area contributed by atoms with E-state index in [2.05, 4.69) is 4.74 Å². The largest absolute Gasteiger partial charge is 0.484 e. The number of hydrogen-bond acceptors (Lipinski definition) is 6. The van der Waals surface area contributed by atoms with Gasteiger partial charge in [-0.3, -0.25) is 9.59 Å². The first-order valence-corrected chi connectivity index (χ1v) is 8.44. The Balaban J connectivity index is 2.26. The molecule has 1 aromatic carbocycles. The Labute approximate surface area is 151 Å². The van der Waals surface area contributed by atoms with Crippen LogP contribution in [0, 0.1) is 6.92 Å². The fraction of sp³-hybridized carbons (Fsp3) is 0.421. The van der Waals surface area contributed by atoms with Gasteiger partial charge in [-0.05, 0) is 38.5 Å². The molecule has 0 fully saturated rings. The van der Waals surface area contributed by atoms with Crippen LogP contribution in [-0.2, 0) is 20.7 Å². The summed E-state index contributed by atoms with van der Waals surface area (Å²) in [6, 6.07) is 5.01. The molecule has 7 nitrogen and oxygen atoms in total. The van der Waals surface area contributed by atoms with Crippen molar-refractivity contribution in [2.45, 2.75) is 27.2 Å². The minimum atomic E-state index is -0.586. The van der Waals surface area contributed by atoms with Gasteiger partial charge in [-0.15, -0.1) is 0 Å². The maximum atomic E-state index is 12.2. The van der Waals surface area contributed by atoms with E-state index in [4.69, 9.17) is 9.15 Å². The molecule has 1 heterocycles. The minimum Gasteiger partial charge on any atom is -0.484 e. The third kappa shape index (κ3) is 4.22. The molecule has 0 saturated heterocycles. The topological polar surface area (TPSA) is 86.0 Å². The summed E-state index contributed by atoms with van der Waals surface area (Å²) in [6.07, 6.45) is -0.142. The lowest BCUT2D eigenvalue weighted by molar-refractivity contribution is -0.139. The average Bonchev–Trinajstić information content (AvgIpc) is 2.63. The molecule has 0 aliphatic heterocycles. The first-order chi connectivity index (χ1) is 12.4. The van der Waals surface area contributed by atoms with Crippen LogP contribution in [0.3, 0.4) is 0 Å². The number of benzene rings is 1. The van der Waals surface area contributed by atoms with Crippen molar-refractivity contribution in [3.8, 4) is 5.75 Å². The molecule has 0 saturated carbocycles. The van der Waals surface area contributed by atoms with Gasteiger partial charge in [-0.25, -0.2) is 4.79 Å². The molecule has 0 N–H and O–H groups in total. The van der Waals surface area contributed by atoms with E-state index < -0.39 is 11.6 Å². The Morgan fingerprint density at radius 3 is 2.50 bits per heavy atom. The van der Waals surface area contributed by atoms with Crippen LogP contribution in [0.5, 0.6) is 5.75 Å². The molecule has 0 radical (unpaired) electrons. The van der Waals surface area contributed by atoms with Crippen molar-refractivity contribution in [1.82, 2.24) is 4.90 Å². The van der Waals surface area contributed by atoms with Crippen LogP contribution < -0.4 is 10.4 Å². The summed E-state index contributed by atoms with van der Waals surface area (Å²) in [5.41, 5.74) is 0.688. The van der Waals surface area contributed by atoms with Gasteiger partial charge in [0.1, 0.15) is 11.3 Å². The maximum absolute atomic E-state index is 12.2. The molecule has 0 aliphatic carbocycles. The van der Waals surface area contributed by atoms with Crippen LogP contribution in [0.4, 0.5) is 0 Å². The van der Waals surface area contributed by atoms with Gasteiger partial charge < -0.3 is 18.8 Å². The number of fused-ring (bicyclic) bond motifs is 1. The van der Waals surface area contributed by atoms with Crippen molar-refractivity contribution in [2.75, 3.05) is 26.8 Å².